The lowest BCUT2D eigenvalue weighted by Gasteiger charge is -2.44. The molecule has 1 aliphatic heterocycles. The molecule has 1 aliphatic carbocycles. The Morgan fingerprint density at radius 1 is 1.04 bits per heavy atom. The molecule has 0 aromatic heterocycles. The Balaban J connectivity index is 1.68. The zero-order valence-electron chi connectivity index (χ0n) is 14.6. The van der Waals surface area contributed by atoms with Crippen LogP contribution in [0.1, 0.15) is 43.2 Å². The predicted molar refractivity (Wildman–Crippen MR) is 110 cm³/mol. The molecular weight excluding hydrogens is 374 g/mol. The highest BCUT2D eigenvalue weighted by Crippen LogP contribution is 2.40. The van der Waals surface area contributed by atoms with Gasteiger partial charge in [-0.25, -0.2) is 0 Å². The summed E-state index contributed by atoms with van der Waals surface area (Å²) in [5.41, 5.74) is 4.80. The Bertz CT molecular complexity index is 807. The summed E-state index contributed by atoms with van der Waals surface area (Å²) in [6.07, 6.45) is 6.11. The van der Waals surface area contributed by atoms with E-state index in [4.69, 9.17) is 4.99 Å². The molecule has 0 amide bonds. The van der Waals surface area contributed by atoms with Crippen LogP contribution in [0.15, 0.2) is 51.9 Å². The first kappa shape index (κ1) is 16.6. The summed E-state index contributed by atoms with van der Waals surface area (Å²) >= 11 is 3.57. The zero-order chi connectivity index (χ0) is 17.3. The molecule has 2 aromatic rings. The lowest BCUT2D eigenvalue weighted by atomic mass is 9.79. The molecule has 0 unspecified atom stereocenters. The van der Waals surface area contributed by atoms with Crippen molar-refractivity contribution in [2.45, 2.75) is 51.1 Å². The van der Waals surface area contributed by atoms with Crippen LogP contribution in [0.5, 0.6) is 0 Å². The monoisotopic (exact) mass is 397 g/mol. The molecular formula is C21H24BrN3. The molecule has 130 valence electrons. The van der Waals surface area contributed by atoms with E-state index < -0.39 is 0 Å². The largest absolute Gasteiger partial charge is 0.371 e. The number of nitrogens with zero attached hydrogens (tertiary/aromatic N) is 1. The van der Waals surface area contributed by atoms with E-state index in [2.05, 4.69) is 76.0 Å². The third-order valence-electron chi connectivity index (χ3n) is 5.27. The molecule has 1 spiro atoms. The predicted octanol–water partition coefficient (Wildman–Crippen LogP) is 5.90. The molecule has 2 aromatic carbocycles. The smallest absolute Gasteiger partial charge is 0.127 e. The second-order valence-electron chi connectivity index (χ2n) is 7.24. The van der Waals surface area contributed by atoms with E-state index in [1.165, 1.54) is 36.1 Å². The van der Waals surface area contributed by atoms with Gasteiger partial charge in [0.1, 0.15) is 5.84 Å². The average Bonchev–Trinajstić information content (AvgIpc) is 2.61. The summed E-state index contributed by atoms with van der Waals surface area (Å²) in [6, 6.07) is 15.0. The third kappa shape index (κ3) is 3.45. The van der Waals surface area contributed by atoms with Gasteiger partial charge in [-0.05, 0) is 43.5 Å². The van der Waals surface area contributed by atoms with E-state index in [9.17, 15) is 0 Å². The minimum Gasteiger partial charge on any atom is -0.371 e. The van der Waals surface area contributed by atoms with Crippen molar-refractivity contribution in [1.82, 2.24) is 0 Å². The summed E-state index contributed by atoms with van der Waals surface area (Å²) in [5, 5.41) is 7.46. The SMILES string of the molecule is Cc1cccc(CN=C2Nc3cc(Br)ccc3NC23CCCCC3)c1. The summed E-state index contributed by atoms with van der Waals surface area (Å²) in [6.45, 7) is 2.85. The highest BCUT2D eigenvalue weighted by Gasteiger charge is 2.40. The summed E-state index contributed by atoms with van der Waals surface area (Å²) in [4.78, 5) is 5.03. The van der Waals surface area contributed by atoms with E-state index in [1.54, 1.807) is 0 Å². The summed E-state index contributed by atoms with van der Waals surface area (Å²) < 4.78 is 1.08. The van der Waals surface area contributed by atoms with Crippen molar-refractivity contribution in [2.24, 2.45) is 4.99 Å². The minimum atomic E-state index is -0.0388. The number of nitrogens with one attached hydrogen (secondary N) is 2. The van der Waals surface area contributed by atoms with E-state index in [-0.39, 0.29) is 5.54 Å². The van der Waals surface area contributed by atoms with Crippen molar-refractivity contribution in [3.8, 4) is 0 Å². The molecule has 25 heavy (non-hydrogen) atoms. The normalized spacial score (nSPS) is 20.0. The Morgan fingerprint density at radius 2 is 1.88 bits per heavy atom. The first-order valence-corrected chi connectivity index (χ1v) is 9.89. The van der Waals surface area contributed by atoms with Crippen LogP contribution in [0.25, 0.3) is 0 Å². The van der Waals surface area contributed by atoms with Gasteiger partial charge in [0.05, 0.1) is 23.5 Å². The molecule has 4 heteroatoms. The van der Waals surface area contributed by atoms with E-state index in [0.29, 0.717) is 0 Å². The number of aryl methyl sites for hydroxylation is 1. The maximum Gasteiger partial charge on any atom is 0.127 e. The average molecular weight is 398 g/mol. The van der Waals surface area contributed by atoms with Gasteiger partial charge in [-0.1, -0.05) is 65.0 Å². The minimum absolute atomic E-state index is 0.0388. The van der Waals surface area contributed by atoms with Crippen LogP contribution in [0.2, 0.25) is 0 Å². The van der Waals surface area contributed by atoms with Crippen molar-refractivity contribution in [3.63, 3.8) is 0 Å². The Labute approximate surface area is 158 Å². The van der Waals surface area contributed by atoms with Crippen molar-refractivity contribution in [1.29, 1.82) is 0 Å². The molecule has 1 fully saturated rings. The quantitative estimate of drug-likeness (QED) is 0.661. The molecule has 4 rings (SSSR count). The summed E-state index contributed by atoms with van der Waals surface area (Å²) in [7, 11) is 0. The fourth-order valence-corrected chi connectivity index (χ4v) is 4.34. The second-order valence-corrected chi connectivity index (χ2v) is 8.15. The van der Waals surface area contributed by atoms with Crippen LogP contribution in [0.4, 0.5) is 11.4 Å². The third-order valence-corrected chi connectivity index (χ3v) is 5.76. The molecule has 0 bridgehead atoms. The highest BCUT2D eigenvalue weighted by molar-refractivity contribution is 9.10. The number of fused-ring (bicyclic) bond motifs is 1. The topological polar surface area (TPSA) is 36.4 Å². The van der Waals surface area contributed by atoms with Crippen LogP contribution >= 0.6 is 15.9 Å². The van der Waals surface area contributed by atoms with Gasteiger partial charge in [0, 0.05) is 4.47 Å². The van der Waals surface area contributed by atoms with E-state index in [1.807, 2.05) is 0 Å². The molecule has 3 nitrogen and oxygen atoms in total. The molecule has 2 N–H and O–H groups in total. The lowest BCUT2D eigenvalue weighted by molar-refractivity contribution is 0.403. The van der Waals surface area contributed by atoms with Crippen LogP contribution in [0.3, 0.4) is 0 Å². The van der Waals surface area contributed by atoms with Gasteiger partial charge in [0.2, 0.25) is 0 Å². The van der Waals surface area contributed by atoms with Gasteiger partial charge in [0.25, 0.3) is 0 Å². The fraction of sp³-hybridized carbons (Fsp3) is 0.381. The standard InChI is InChI=1S/C21H24BrN3/c1-15-6-5-7-16(12-15)14-23-20-21(10-3-2-4-11-21)25-18-9-8-17(22)13-19(18)24-20/h5-9,12-13,25H,2-4,10-11,14H2,1H3,(H,23,24). The molecule has 0 atom stereocenters. The Kier molecular flexibility index (Phi) is 4.55. The molecule has 1 heterocycles. The van der Waals surface area contributed by atoms with E-state index >= 15 is 0 Å². The van der Waals surface area contributed by atoms with Crippen molar-refractivity contribution in [3.05, 3.63) is 58.1 Å². The first-order chi connectivity index (χ1) is 12.1. The molecule has 0 radical (unpaired) electrons. The van der Waals surface area contributed by atoms with E-state index in [0.717, 1.165) is 35.4 Å². The Morgan fingerprint density at radius 3 is 2.68 bits per heavy atom. The maximum absolute atomic E-state index is 5.03. The van der Waals surface area contributed by atoms with Gasteiger partial charge in [-0.2, -0.15) is 0 Å². The van der Waals surface area contributed by atoms with Crippen molar-refractivity contribution in [2.75, 3.05) is 10.6 Å². The molecule has 1 saturated carbocycles. The number of amidine groups is 1. The second kappa shape index (κ2) is 6.83. The zero-order valence-corrected chi connectivity index (χ0v) is 16.2. The number of hydrogen-bond donors (Lipinski definition) is 2. The molecule has 0 saturated heterocycles. The number of halogens is 1. The van der Waals surface area contributed by atoms with Crippen LogP contribution in [-0.2, 0) is 6.54 Å². The van der Waals surface area contributed by atoms with Crippen molar-refractivity contribution < 1.29 is 0 Å². The van der Waals surface area contributed by atoms with Crippen LogP contribution < -0.4 is 10.6 Å². The number of hydrogen-bond acceptors (Lipinski definition) is 2. The van der Waals surface area contributed by atoms with Gasteiger partial charge in [-0.15, -0.1) is 0 Å². The highest BCUT2D eigenvalue weighted by atomic mass is 79.9. The van der Waals surface area contributed by atoms with Gasteiger partial charge >= 0.3 is 0 Å². The fourth-order valence-electron chi connectivity index (χ4n) is 3.98. The van der Waals surface area contributed by atoms with Crippen LogP contribution in [-0.4, -0.2) is 11.4 Å². The number of anilines is 2. The van der Waals surface area contributed by atoms with Crippen molar-refractivity contribution >= 4 is 33.1 Å². The molecule has 2 aliphatic rings. The van der Waals surface area contributed by atoms with Crippen LogP contribution in [0, 0.1) is 6.92 Å². The van der Waals surface area contributed by atoms with Gasteiger partial charge in [0.15, 0.2) is 0 Å². The van der Waals surface area contributed by atoms with Gasteiger partial charge < -0.3 is 10.6 Å². The number of rotatable bonds is 2. The first-order valence-electron chi connectivity index (χ1n) is 9.10. The lowest BCUT2D eigenvalue weighted by Crippen LogP contribution is -2.53. The van der Waals surface area contributed by atoms with Gasteiger partial charge in [-0.3, -0.25) is 4.99 Å². The Hall–Kier alpha value is -1.81. The number of benzene rings is 2. The summed E-state index contributed by atoms with van der Waals surface area (Å²) in [5.74, 6) is 1.10. The number of aliphatic imine (C=N–C) groups is 1. The maximum atomic E-state index is 5.03.